The van der Waals surface area contributed by atoms with Gasteiger partial charge in [0.25, 0.3) is 5.91 Å². The second kappa shape index (κ2) is 7.38. The molecule has 1 heterocycles. The molecule has 1 unspecified atom stereocenters. The molecule has 116 valence electrons. The maximum atomic E-state index is 12.0. The summed E-state index contributed by atoms with van der Waals surface area (Å²) < 4.78 is 5.47. The van der Waals surface area contributed by atoms with E-state index in [2.05, 4.69) is 10.3 Å². The molecule has 0 saturated carbocycles. The van der Waals surface area contributed by atoms with Gasteiger partial charge in [-0.1, -0.05) is 11.6 Å². The number of carboxylic acids is 1. The molecular formula is C14H19ClN2O4. The highest BCUT2D eigenvalue weighted by atomic mass is 35.5. The zero-order valence-electron chi connectivity index (χ0n) is 12.2. The monoisotopic (exact) mass is 314 g/mol. The van der Waals surface area contributed by atoms with Gasteiger partial charge in [-0.3, -0.25) is 9.78 Å². The molecule has 21 heavy (non-hydrogen) atoms. The van der Waals surface area contributed by atoms with Crippen molar-refractivity contribution < 1.29 is 19.4 Å². The van der Waals surface area contributed by atoms with E-state index in [0.717, 1.165) is 0 Å². The van der Waals surface area contributed by atoms with E-state index < -0.39 is 17.9 Å². The second-order valence-electron chi connectivity index (χ2n) is 5.47. The Hall–Kier alpha value is -1.66. The third kappa shape index (κ3) is 6.10. The first-order valence-electron chi connectivity index (χ1n) is 6.48. The maximum Gasteiger partial charge on any atom is 0.326 e. The Morgan fingerprint density at radius 2 is 2.14 bits per heavy atom. The molecule has 0 radical (unpaired) electrons. The summed E-state index contributed by atoms with van der Waals surface area (Å²) in [4.78, 5) is 27.0. The molecule has 2 N–H and O–H groups in total. The molecule has 0 bridgehead atoms. The van der Waals surface area contributed by atoms with Crippen molar-refractivity contribution in [3.05, 3.63) is 29.0 Å². The van der Waals surface area contributed by atoms with E-state index in [0.29, 0.717) is 0 Å². The number of carbonyl (C=O) groups excluding carboxylic acids is 1. The molecule has 0 aliphatic carbocycles. The normalized spacial score (nSPS) is 12.8. The summed E-state index contributed by atoms with van der Waals surface area (Å²) in [7, 11) is 0. The fourth-order valence-corrected chi connectivity index (χ4v) is 1.74. The van der Waals surface area contributed by atoms with Gasteiger partial charge in [0.1, 0.15) is 6.04 Å². The predicted octanol–water partition coefficient (Wildman–Crippen LogP) is 2.12. The fourth-order valence-electron chi connectivity index (χ4n) is 1.54. The molecule has 0 saturated heterocycles. The molecule has 1 atom stereocenters. The summed E-state index contributed by atoms with van der Waals surface area (Å²) in [5.41, 5.74) is -0.170. The topological polar surface area (TPSA) is 88.5 Å². The first-order chi connectivity index (χ1) is 9.70. The van der Waals surface area contributed by atoms with Crippen molar-refractivity contribution in [2.45, 2.75) is 38.8 Å². The van der Waals surface area contributed by atoms with Gasteiger partial charge in [-0.25, -0.2) is 4.79 Å². The van der Waals surface area contributed by atoms with E-state index in [9.17, 15) is 9.59 Å². The number of carboxylic acid groups (broad SMARTS) is 1. The van der Waals surface area contributed by atoms with Gasteiger partial charge in [0.05, 0.1) is 16.2 Å². The Labute approximate surface area is 128 Å². The van der Waals surface area contributed by atoms with Crippen LogP contribution >= 0.6 is 11.6 Å². The number of ether oxygens (including phenoxy) is 1. The van der Waals surface area contributed by atoms with Crippen LogP contribution in [0.15, 0.2) is 18.5 Å². The van der Waals surface area contributed by atoms with Crippen molar-refractivity contribution in [2.75, 3.05) is 6.61 Å². The Bertz CT molecular complexity index is 514. The van der Waals surface area contributed by atoms with Crippen LogP contribution < -0.4 is 5.32 Å². The van der Waals surface area contributed by atoms with Crippen molar-refractivity contribution in [3.63, 3.8) is 0 Å². The van der Waals surface area contributed by atoms with Gasteiger partial charge >= 0.3 is 5.97 Å². The van der Waals surface area contributed by atoms with Crippen LogP contribution in [0, 0.1) is 0 Å². The van der Waals surface area contributed by atoms with E-state index in [-0.39, 0.29) is 29.2 Å². The number of hydrogen-bond acceptors (Lipinski definition) is 4. The number of halogens is 1. The summed E-state index contributed by atoms with van der Waals surface area (Å²) in [6, 6.07) is 0.395. The minimum atomic E-state index is -1.12. The van der Waals surface area contributed by atoms with E-state index in [4.69, 9.17) is 21.4 Å². The van der Waals surface area contributed by atoms with Crippen molar-refractivity contribution in [1.82, 2.24) is 10.3 Å². The Balaban J connectivity index is 2.65. The molecule has 6 nitrogen and oxygen atoms in total. The van der Waals surface area contributed by atoms with Gasteiger partial charge in [0.2, 0.25) is 0 Å². The summed E-state index contributed by atoms with van der Waals surface area (Å²) in [5, 5.41) is 11.8. The van der Waals surface area contributed by atoms with E-state index in [1.807, 2.05) is 20.8 Å². The minimum Gasteiger partial charge on any atom is -0.480 e. The summed E-state index contributed by atoms with van der Waals surface area (Å²) in [6.45, 7) is 5.85. The molecule has 7 heteroatoms. The molecule has 0 aliphatic heterocycles. The third-order valence-corrected chi connectivity index (χ3v) is 2.86. The second-order valence-corrected chi connectivity index (χ2v) is 5.88. The van der Waals surface area contributed by atoms with Crippen molar-refractivity contribution in [1.29, 1.82) is 0 Å². The number of pyridine rings is 1. The third-order valence-electron chi connectivity index (χ3n) is 2.56. The standard InChI is InChI=1S/C14H19ClN2O4/c1-14(2,3)21-7-5-11(13(19)20)17-12(18)9-4-6-16-8-10(9)15/h4,6,8,11H,5,7H2,1-3H3,(H,17,18)(H,19,20). The van der Waals surface area contributed by atoms with Crippen LogP contribution in [-0.4, -0.2) is 40.2 Å². The predicted molar refractivity (Wildman–Crippen MR) is 78.5 cm³/mol. The molecule has 1 rings (SSSR count). The number of amides is 1. The fraction of sp³-hybridized carbons (Fsp3) is 0.500. The number of aromatic nitrogens is 1. The molecule has 0 aromatic carbocycles. The van der Waals surface area contributed by atoms with Crippen molar-refractivity contribution in [2.24, 2.45) is 0 Å². The van der Waals surface area contributed by atoms with Crippen LogP contribution in [0.25, 0.3) is 0 Å². The number of aliphatic carboxylic acids is 1. The summed E-state index contributed by atoms with van der Waals surface area (Å²) in [6.07, 6.45) is 2.91. The Morgan fingerprint density at radius 3 is 2.67 bits per heavy atom. The largest absolute Gasteiger partial charge is 0.480 e. The smallest absolute Gasteiger partial charge is 0.326 e. The quantitative estimate of drug-likeness (QED) is 0.839. The average Bonchev–Trinajstić information content (AvgIpc) is 2.36. The van der Waals surface area contributed by atoms with Crippen molar-refractivity contribution >= 4 is 23.5 Å². The van der Waals surface area contributed by atoms with E-state index in [1.54, 1.807) is 0 Å². The van der Waals surface area contributed by atoms with Crippen LogP contribution in [0.5, 0.6) is 0 Å². The highest BCUT2D eigenvalue weighted by Crippen LogP contribution is 2.14. The Morgan fingerprint density at radius 1 is 1.48 bits per heavy atom. The SMILES string of the molecule is CC(C)(C)OCCC(NC(=O)c1ccncc1Cl)C(=O)O. The van der Waals surface area contributed by atoms with E-state index >= 15 is 0 Å². The highest BCUT2D eigenvalue weighted by molar-refractivity contribution is 6.33. The maximum absolute atomic E-state index is 12.0. The summed E-state index contributed by atoms with van der Waals surface area (Å²) in [5.74, 6) is -1.67. The molecular weight excluding hydrogens is 296 g/mol. The van der Waals surface area contributed by atoms with Gasteiger partial charge in [0, 0.05) is 25.4 Å². The highest BCUT2D eigenvalue weighted by Gasteiger charge is 2.22. The van der Waals surface area contributed by atoms with Crippen molar-refractivity contribution in [3.8, 4) is 0 Å². The number of rotatable bonds is 6. The van der Waals surface area contributed by atoms with Gasteiger partial charge in [-0.15, -0.1) is 0 Å². The first kappa shape index (κ1) is 17.4. The number of nitrogens with zero attached hydrogens (tertiary/aromatic N) is 1. The molecule has 1 amide bonds. The van der Waals surface area contributed by atoms with Crippen LogP contribution in [0.1, 0.15) is 37.6 Å². The zero-order valence-corrected chi connectivity index (χ0v) is 13.0. The van der Waals surface area contributed by atoms with Gasteiger partial charge < -0.3 is 15.2 Å². The van der Waals surface area contributed by atoms with E-state index in [1.165, 1.54) is 18.5 Å². The minimum absolute atomic E-state index is 0.168. The van der Waals surface area contributed by atoms with Crippen LogP contribution in [0.2, 0.25) is 5.02 Å². The lowest BCUT2D eigenvalue weighted by atomic mass is 10.1. The molecule has 0 fully saturated rings. The van der Waals surface area contributed by atoms with Gasteiger partial charge in [-0.05, 0) is 26.8 Å². The van der Waals surface area contributed by atoms with Crippen LogP contribution in [0.3, 0.4) is 0 Å². The molecule has 0 spiro atoms. The lowest BCUT2D eigenvalue weighted by Gasteiger charge is -2.21. The Kier molecular flexibility index (Phi) is 6.11. The number of carbonyl (C=O) groups is 2. The molecule has 1 aromatic rings. The first-order valence-corrected chi connectivity index (χ1v) is 6.85. The lowest BCUT2D eigenvalue weighted by Crippen LogP contribution is -2.42. The van der Waals surface area contributed by atoms with Gasteiger partial charge in [0.15, 0.2) is 0 Å². The van der Waals surface area contributed by atoms with Gasteiger partial charge in [-0.2, -0.15) is 0 Å². The summed E-state index contributed by atoms with van der Waals surface area (Å²) >= 11 is 5.85. The average molecular weight is 315 g/mol. The molecule has 0 aliphatic rings. The molecule has 1 aromatic heterocycles. The zero-order chi connectivity index (χ0) is 16.0. The van der Waals surface area contributed by atoms with Crippen LogP contribution in [-0.2, 0) is 9.53 Å². The van der Waals surface area contributed by atoms with Crippen LogP contribution in [0.4, 0.5) is 0 Å². The lowest BCUT2D eigenvalue weighted by molar-refractivity contribution is -0.140. The number of hydrogen-bond donors (Lipinski definition) is 2. The number of nitrogens with one attached hydrogen (secondary N) is 1.